The molecule has 10 heteroatoms. The van der Waals surface area contributed by atoms with E-state index in [0.29, 0.717) is 17.1 Å². The Labute approximate surface area is 175 Å². The fourth-order valence-corrected chi connectivity index (χ4v) is 3.22. The van der Waals surface area contributed by atoms with E-state index in [1.54, 1.807) is 36.4 Å². The quantitative estimate of drug-likeness (QED) is 0.532. The van der Waals surface area contributed by atoms with Gasteiger partial charge in [-0.2, -0.15) is 0 Å². The Morgan fingerprint density at radius 3 is 2.27 bits per heavy atom. The standard InChI is InChI=1S/C20H18N4O5S/c1-28-12-7-11(8-13(9-12)29-2)18(26)24-20-23-16(10-30-20)19(27)22-15-6-4-3-5-14(15)17(21)25/h3-10H,1-2H3,(H2,21,25)(H,22,27)(H,23,24,26). The molecule has 0 aliphatic heterocycles. The van der Waals surface area contributed by atoms with Gasteiger partial charge in [-0.1, -0.05) is 12.1 Å². The third kappa shape index (κ3) is 4.73. The molecule has 0 unspecified atom stereocenters. The van der Waals surface area contributed by atoms with Crippen LogP contribution in [0.4, 0.5) is 10.8 Å². The van der Waals surface area contributed by atoms with Crippen molar-refractivity contribution in [3.63, 3.8) is 0 Å². The predicted molar refractivity (Wildman–Crippen MR) is 113 cm³/mol. The molecule has 0 spiro atoms. The molecular weight excluding hydrogens is 408 g/mol. The zero-order valence-corrected chi connectivity index (χ0v) is 16.9. The second kappa shape index (κ2) is 9.05. The maximum absolute atomic E-state index is 12.5. The highest BCUT2D eigenvalue weighted by molar-refractivity contribution is 7.14. The summed E-state index contributed by atoms with van der Waals surface area (Å²) in [5.41, 5.74) is 6.16. The Morgan fingerprint density at radius 1 is 0.967 bits per heavy atom. The van der Waals surface area contributed by atoms with Crippen LogP contribution in [-0.4, -0.2) is 36.9 Å². The number of primary amides is 1. The van der Waals surface area contributed by atoms with Crippen LogP contribution in [0.1, 0.15) is 31.2 Å². The third-order valence-electron chi connectivity index (χ3n) is 4.01. The molecule has 0 fully saturated rings. The lowest BCUT2D eigenvalue weighted by atomic mass is 10.1. The van der Waals surface area contributed by atoms with Gasteiger partial charge in [0.05, 0.1) is 25.5 Å². The zero-order chi connectivity index (χ0) is 21.7. The van der Waals surface area contributed by atoms with Crippen molar-refractivity contribution in [3.8, 4) is 11.5 Å². The van der Waals surface area contributed by atoms with Crippen molar-refractivity contribution in [1.82, 2.24) is 4.98 Å². The van der Waals surface area contributed by atoms with Gasteiger partial charge in [0, 0.05) is 17.0 Å². The zero-order valence-electron chi connectivity index (χ0n) is 16.1. The van der Waals surface area contributed by atoms with E-state index in [1.165, 1.54) is 25.7 Å². The number of ether oxygens (including phenoxy) is 2. The van der Waals surface area contributed by atoms with Crippen molar-refractivity contribution in [3.05, 3.63) is 64.7 Å². The molecule has 0 saturated carbocycles. The number of methoxy groups -OCH3 is 2. The number of nitrogens with one attached hydrogen (secondary N) is 2. The minimum absolute atomic E-state index is 0.0813. The van der Waals surface area contributed by atoms with Crippen LogP contribution >= 0.6 is 11.3 Å². The summed E-state index contributed by atoms with van der Waals surface area (Å²) < 4.78 is 10.3. The topological polar surface area (TPSA) is 133 Å². The predicted octanol–water partition coefficient (Wildman–Crippen LogP) is 2.76. The SMILES string of the molecule is COc1cc(OC)cc(C(=O)Nc2nc(C(=O)Nc3ccccc3C(N)=O)cs2)c1. The Hall–Kier alpha value is -3.92. The number of aromatic nitrogens is 1. The first-order valence-corrected chi connectivity index (χ1v) is 9.49. The van der Waals surface area contributed by atoms with Crippen LogP contribution in [0.15, 0.2) is 47.8 Å². The fourth-order valence-electron chi connectivity index (χ4n) is 2.54. The van der Waals surface area contributed by atoms with Gasteiger partial charge in [0.2, 0.25) is 0 Å². The number of para-hydroxylation sites is 1. The number of carbonyl (C=O) groups excluding carboxylic acids is 3. The minimum Gasteiger partial charge on any atom is -0.497 e. The lowest BCUT2D eigenvalue weighted by Crippen LogP contribution is -2.18. The maximum atomic E-state index is 12.5. The number of amides is 3. The molecule has 1 aromatic heterocycles. The van der Waals surface area contributed by atoms with Crippen molar-refractivity contribution >= 4 is 39.9 Å². The molecule has 4 N–H and O–H groups in total. The van der Waals surface area contributed by atoms with Crippen LogP contribution in [-0.2, 0) is 0 Å². The Balaban J connectivity index is 1.73. The molecule has 3 amide bonds. The molecule has 0 saturated heterocycles. The smallest absolute Gasteiger partial charge is 0.275 e. The van der Waals surface area contributed by atoms with Gasteiger partial charge in [0.25, 0.3) is 17.7 Å². The molecule has 154 valence electrons. The van der Waals surface area contributed by atoms with Crippen molar-refractivity contribution in [2.75, 3.05) is 24.9 Å². The van der Waals surface area contributed by atoms with E-state index in [1.807, 2.05) is 0 Å². The number of nitrogens with two attached hydrogens (primary N) is 1. The highest BCUT2D eigenvalue weighted by Crippen LogP contribution is 2.24. The summed E-state index contributed by atoms with van der Waals surface area (Å²) >= 11 is 1.08. The largest absolute Gasteiger partial charge is 0.497 e. The molecule has 3 rings (SSSR count). The molecule has 2 aromatic carbocycles. The number of benzene rings is 2. The van der Waals surface area contributed by atoms with Crippen LogP contribution in [0.2, 0.25) is 0 Å². The Morgan fingerprint density at radius 2 is 1.63 bits per heavy atom. The molecule has 0 aliphatic rings. The number of thiazole rings is 1. The minimum atomic E-state index is -0.661. The molecule has 1 heterocycles. The summed E-state index contributed by atoms with van der Waals surface area (Å²) in [6.45, 7) is 0. The van der Waals surface area contributed by atoms with Gasteiger partial charge in [-0.25, -0.2) is 4.98 Å². The van der Waals surface area contributed by atoms with E-state index in [4.69, 9.17) is 15.2 Å². The number of anilines is 2. The first-order chi connectivity index (χ1) is 14.4. The van der Waals surface area contributed by atoms with Crippen LogP contribution in [0, 0.1) is 0 Å². The average molecular weight is 426 g/mol. The van der Waals surface area contributed by atoms with Gasteiger partial charge in [0.1, 0.15) is 17.2 Å². The Bertz CT molecular complexity index is 1090. The van der Waals surface area contributed by atoms with Crippen molar-refractivity contribution in [2.24, 2.45) is 5.73 Å². The second-order valence-corrected chi connectivity index (χ2v) is 6.82. The van der Waals surface area contributed by atoms with Gasteiger partial charge in [0.15, 0.2) is 5.13 Å². The van der Waals surface area contributed by atoms with Gasteiger partial charge in [-0.3, -0.25) is 19.7 Å². The van der Waals surface area contributed by atoms with Crippen molar-refractivity contribution in [1.29, 1.82) is 0 Å². The lowest BCUT2D eigenvalue weighted by molar-refractivity contribution is 0.0997. The number of carbonyl (C=O) groups is 3. The highest BCUT2D eigenvalue weighted by atomic mass is 32.1. The van der Waals surface area contributed by atoms with Crippen molar-refractivity contribution in [2.45, 2.75) is 0 Å². The number of nitrogens with zero attached hydrogens (tertiary/aromatic N) is 1. The first kappa shape index (κ1) is 20.8. The van der Waals surface area contributed by atoms with E-state index >= 15 is 0 Å². The molecule has 0 bridgehead atoms. The summed E-state index contributed by atoms with van der Waals surface area (Å²) in [5, 5.41) is 6.95. The lowest BCUT2D eigenvalue weighted by Gasteiger charge is -2.08. The third-order valence-corrected chi connectivity index (χ3v) is 4.77. The van der Waals surface area contributed by atoms with Crippen LogP contribution in [0.5, 0.6) is 11.5 Å². The fraction of sp³-hybridized carbons (Fsp3) is 0.100. The average Bonchev–Trinajstić information content (AvgIpc) is 3.22. The molecule has 30 heavy (non-hydrogen) atoms. The number of hydrogen-bond donors (Lipinski definition) is 3. The van der Waals surface area contributed by atoms with Crippen LogP contribution in [0.25, 0.3) is 0 Å². The summed E-state index contributed by atoms with van der Waals surface area (Å²) in [6, 6.07) is 11.1. The molecule has 0 atom stereocenters. The summed E-state index contributed by atoms with van der Waals surface area (Å²) in [4.78, 5) is 40.6. The Kier molecular flexibility index (Phi) is 6.28. The van der Waals surface area contributed by atoms with Crippen LogP contribution in [0.3, 0.4) is 0 Å². The monoisotopic (exact) mass is 426 g/mol. The molecule has 0 radical (unpaired) electrons. The summed E-state index contributed by atoms with van der Waals surface area (Å²) in [5.74, 6) is -0.708. The van der Waals surface area contributed by atoms with E-state index in [2.05, 4.69) is 15.6 Å². The van der Waals surface area contributed by atoms with Gasteiger partial charge in [-0.15, -0.1) is 11.3 Å². The molecule has 0 aliphatic carbocycles. The van der Waals surface area contributed by atoms with E-state index < -0.39 is 17.7 Å². The first-order valence-electron chi connectivity index (χ1n) is 8.61. The molecule has 3 aromatic rings. The van der Waals surface area contributed by atoms with E-state index in [0.717, 1.165) is 11.3 Å². The van der Waals surface area contributed by atoms with Crippen LogP contribution < -0.4 is 25.8 Å². The summed E-state index contributed by atoms with van der Waals surface area (Å²) in [6.07, 6.45) is 0. The maximum Gasteiger partial charge on any atom is 0.275 e. The normalized spacial score (nSPS) is 10.2. The molecule has 9 nitrogen and oxygen atoms in total. The highest BCUT2D eigenvalue weighted by Gasteiger charge is 2.17. The summed E-state index contributed by atoms with van der Waals surface area (Å²) in [7, 11) is 2.97. The van der Waals surface area contributed by atoms with E-state index in [-0.39, 0.29) is 22.1 Å². The van der Waals surface area contributed by atoms with E-state index in [9.17, 15) is 14.4 Å². The van der Waals surface area contributed by atoms with Gasteiger partial charge < -0.3 is 20.5 Å². The van der Waals surface area contributed by atoms with Crippen molar-refractivity contribution < 1.29 is 23.9 Å². The molecular formula is C20H18N4O5S. The second-order valence-electron chi connectivity index (χ2n) is 5.96. The number of rotatable bonds is 7. The van der Waals surface area contributed by atoms with Gasteiger partial charge in [-0.05, 0) is 24.3 Å². The number of hydrogen-bond acceptors (Lipinski definition) is 7. The van der Waals surface area contributed by atoms with Gasteiger partial charge >= 0.3 is 0 Å².